The summed E-state index contributed by atoms with van der Waals surface area (Å²) in [7, 11) is 0. The van der Waals surface area contributed by atoms with E-state index in [9.17, 15) is 13.6 Å². The molecular weight excluding hydrogens is 290 g/mol. The van der Waals surface area contributed by atoms with Crippen LogP contribution in [0.4, 0.5) is 8.78 Å². The van der Waals surface area contributed by atoms with Crippen LogP contribution >= 0.6 is 12.4 Å². The number of ether oxygens (including phenoxy) is 1. The predicted molar refractivity (Wildman–Crippen MR) is 75.3 cm³/mol. The molecule has 0 aliphatic heterocycles. The normalized spacial score (nSPS) is 9.75. The SMILES string of the molecule is CCCNCCNC(=O)COc1ccc(F)cc1F.Cl. The lowest BCUT2D eigenvalue weighted by Gasteiger charge is -2.08. The highest BCUT2D eigenvalue weighted by atomic mass is 35.5. The highest BCUT2D eigenvalue weighted by Gasteiger charge is 2.07. The molecule has 0 fully saturated rings. The molecule has 4 nitrogen and oxygen atoms in total. The molecule has 0 aromatic heterocycles. The zero-order chi connectivity index (χ0) is 14.1. The molecule has 0 heterocycles. The van der Waals surface area contributed by atoms with E-state index in [0.29, 0.717) is 19.2 Å². The minimum absolute atomic E-state index is 0. The lowest BCUT2D eigenvalue weighted by molar-refractivity contribution is -0.123. The van der Waals surface area contributed by atoms with Gasteiger partial charge >= 0.3 is 0 Å². The minimum atomic E-state index is -0.822. The van der Waals surface area contributed by atoms with Gasteiger partial charge in [0.2, 0.25) is 0 Å². The number of rotatable bonds is 8. The Hall–Kier alpha value is -1.40. The van der Waals surface area contributed by atoms with Crippen LogP contribution in [0, 0.1) is 11.6 Å². The first kappa shape index (κ1) is 18.6. The Bertz CT molecular complexity index is 419. The van der Waals surface area contributed by atoms with Gasteiger partial charge in [-0.2, -0.15) is 0 Å². The molecule has 0 saturated heterocycles. The fourth-order valence-electron chi connectivity index (χ4n) is 1.38. The average molecular weight is 309 g/mol. The van der Waals surface area contributed by atoms with Crippen LogP contribution in [0.25, 0.3) is 0 Å². The molecule has 2 N–H and O–H groups in total. The first-order valence-corrected chi connectivity index (χ1v) is 6.18. The van der Waals surface area contributed by atoms with E-state index in [1.54, 1.807) is 0 Å². The van der Waals surface area contributed by atoms with Gasteiger partial charge in [0.1, 0.15) is 5.82 Å². The number of hydrogen-bond acceptors (Lipinski definition) is 3. The van der Waals surface area contributed by atoms with Crippen LogP contribution in [0.2, 0.25) is 0 Å². The second kappa shape index (κ2) is 10.4. The van der Waals surface area contributed by atoms with Crippen molar-refractivity contribution in [1.29, 1.82) is 0 Å². The van der Waals surface area contributed by atoms with Gasteiger partial charge in [0.25, 0.3) is 5.91 Å². The third kappa shape index (κ3) is 7.25. The number of nitrogens with one attached hydrogen (secondary N) is 2. The topological polar surface area (TPSA) is 50.4 Å². The summed E-state index contributed by atoms with van der Waals surface area (Å²) in [5.41, 5.74) is 0. The number of halogens is 3. The van der Waals surface area contributed by atoms with Gasteiger partial charge in [0, 0.05) is 19.2 Å². The fraction of sp³-hybridized carbons (Fsp3) is 0.462. The van der Waals surface area contributed by atoms with Gasteiger partial charge in [-0.3, -0.25) is 4.79 Å². The van der Waals surface area contributed by atoms with E-state index >= 15 is 0 Å². The summed E-state index contributed by atoms with van der Waals surface area (Å²) in [6.07, 6.45) is 1.03. The predicted octanol–water partition coefficient (Wildman–Crippen LogP) is 1.88. The minimum Gasteiger partial charge on any atom is -0.481 e. The van der Waals surface area contributed by atoms with E-state index in [2.05, 4.69) is 17.6 Å². The van der Waals surface area contributed by atoms with E-state index in [0.717, 1.165) is 25.1 Å². The van der Waals surface area contributed by atoms with Gasteiger partial charge in [-0.25, -0.2) is 8.78 Å². The van der Waals surface area contributed by atoms with Gasteiger partial charge in [-0.1, -0.05) is 6.92 Å². The van der Waals surface area contributed by atoms with E-state index in [4.69, 9.17) is 4.74 Å². The van der Waals surface area contributed by atoms with E-state index in [1.165, 1.54) is 0 Å². The van der Waals surface area contributed by atoms with E-state index < -0.39 is 11.6 Å². The van der Waals surface area contributed by atoms with Crippen LogP contribution in [0.1, 0.15) is 13.3 Å². The third-order valence-corrected chi connectivity index (χ3v) is 2.30. The van der Waals surface area contributed by atoms with Crippen molar-refractivity contribution < 1.29 is 18.3 Å². The van der Waals surface area contributed by atoms with Crippen LogP contribution in [0.5, 0.6) is 5.75 Å². The molecule has 0 radical (unpaired) electrons. The first-order chi connectivity index (χ1) is 9.13. The van der Waals surface area contributed by atoms with E-state index in [-0.39, 0.29) is 30.7 Å². The summed E-state index contributed by atoms with van der Waals surface area (Å²) in [6, 6.07) is 2.94. The molecule has 0 aliphatic carbocycles. The molecule has 0 bridgehead atoms. The highest BCUT2D eigenvalue weighted by Crippen LogP contribution is 2.17. The van der Waals surface area contributed by atoms with Gasteiger partial charge in [-0.05, 0) is 25.1 Å². The number of carbonyl (C=O) groups is 1. The highest BCUT2D eigenvalue weighted by molar-refractivity contribution is 5.85. The molecule has 0 unspecified atom stereocenters. The van der Waals surface area contributed by atoms with Crippen molar-refractivity contribution in [3.05, 3.63) is 29.8 Å². The van der Waals surface area contributed by atoms with Crippen molar-refractivity contribution in [3.8, 4) is 5.75 Å². The summed E-state index contributed by atoms with van der Waals surface area (Å²) in [6.45, 7) is 3.80. The molecule has 0 aliphatic rings. The largest absolute Gasteiger partial charge is 0.481 e. The second-order valence-electron chi connectivity index (χ2n) is 3.96. The number of hydrogen-bond donors (Lipinski definition) is 2. The van der Waals surface area contributed by atoms with Crippen molar-refractivity contribution in [1.82, 2.24) is 10.6 Å². The summed E-state index contributed by atoms with van der Waals surface area (Å²) in [4.78, 5) is 11.4. The molecule has 1 aromatic rings. The molecule has 0 saturated carbocycles. The Labute approximate surface area is 123 Å². The number of amides is 1. The van der Waals surface area contributed by atoms with Crippen LogP contribution < -0.4 is 15.4 Å². The quantitative estimate of drug-likeness (QED) is 0.721. The van der Waals surface area contributed by atoms with Crippen LogP contribution in [0.3, 0.4) is 0 Å². The summed E-state index contributed by atoms with van der Waals surface area (Å²) >= 11 is 0. The standard InChI is InChI=1S/C13H18F2N2O2.ClH/c1-2-5-16-6-7-17-13(18)9-19-12-4-3-10(14)8-11(12)15;/h3-4,8,16H,2,5-7,9H2,1H3,(H,17,18);1H. The Kier molecular flexibility index (Phi) is 9.67. The lowest BCUT2D eigenvalue weighted by Crippen LogP contribution is -2.35. The van der Waals surface area contributed by atoms with Crippen molar-refractivity contribution >= 4 is 18.3 Å². The summed E-state index contributed by atoms with van der Waals surface area (Å²) < 4.78 is 30.8. The van der Waals surface area contributed by atoms with Gasteiger partial charge < -0.3 is 15.4 Å². The van der Waals surface area contributed by atoms with Crippen LogP contribution in [-0.4, -0.2) is 32.1 Å². The van der Waals surface area contributed by atoms with Crippen molar-refractivity contribution in [2.45, 2.75) is 13.3 Å². The Morgan fingerprint density at radius 1 is 1.25 bits per heavy atom. The van der Waals surface area contributed by atoms with Crippen molar-refractivity contribution in [2.24, 2.45) is 0 Å². The van der Waals surface area contributed by atoms with Gasteiger partial charge in [-0.15, -0.1) is 12.4 Å². The molecule has 114 valence electrons. The Morgan fingerprint density at radius 3 is 2.65 bits per heavy atom. The third-order valence-electron chi connectivity index (χ3n) is 2.30. The maximum Gasteiger partial charge on any atom is 0.257 e. The molecule has 20 heavy (non-hydrogen) atoms. The lowest BCUT2D eigenvalue weighted by atomic mass is 10.3. The monoisotopic (exact) mass is 308 g/mol. The second-order valence-corrected chi connectivity index (χ2v) is 3.96. The zero-order valence-electron chi connectivity index (χ0n) is 11.2. The smallest absolute Gasteiger partial charge is 0.257 e. The number of carbonyl (C=O) groups excluding carboxylic acids is 1. The fourth-order valence-corrected chi connectivity index (χ4v) is 1.38. The Balaban J connectivity index is 0.00000361. The number of benzene rings is 1. The average Bonchev–Trinajstić information content (AvgIpc) is 2.37. The molecule has 1 rings (SSSR count). The van der Waals surface area contributed by atoms with Gasteiger partial charge in [0.15, 0.2) is 18.2 Å². The van der Waals surface area contributed by atoms with Crippen molar-refractivity contribution in [2.75, 3.05) is 26.2 Å². The molecule has 1 aromatic carbocycles. The van der Waals surface area contributed by atoms with Gasteiger partial charge in [0.05, 0.1) is 0 Å². The summed E-state index contributed by atoms with van der Waals surface area (Å²) in [5, 5.41) is 5.74. The molecule has 0 atom stereocenters. The molecule has 0 spiro atoms. The van der Waals surface area contributed by atoms with Crippen molar-refractivity contribution in [3.63, 3.8) is 0 Å². The first-order valence-electron chi connectivity index (χ1n) is 6.18. The van der Waals surface area contributed by atoms with Crippen LogP contribution in [0.15, 0.2) is 18.2 Å². The maximum absolute atomic E-state index is 13.2. The summed E-state index contributed by atoms with van der Waals surface area (Å²) in [5.74, 6) is -1.99. The molecule has 1 amide bonds. The zero-order valence-corrected chi connectivity index (χ0v) is 12.1. The molecular formula is C13H19ClF2N2O2. The molecule has 7 heteroatoms. The Morgan fingerprint density at radius 2 is 2.00 bits per heavy atom. The van der Waals surface area contributed by atoms with E-state index in [1.807, 2.05) is 0 Å². The van der Waals surface area contributed by atoms with Crippen LogP contribution in [-0.2, 0) is 4.79 Å². The maximum atomic E-state index is 13.2.